The van der Waals surface area contributed by atoms with Crippen molar-refractivity contribution in [2.45, 2.75) is 13.2 Å². The van der Waals surface area contributed by atoms with Crippen LogP contribution in [0.3, 0.4) is 0 Å². The third-order valence-corrected chi connectivity index (χ3v) is 23.4. The van der Waals surface area contributed by atoms with Gasteiger partial charge in [-0.15, -0.1) is 0 Å². The molecule has 0 spiro atoms. The third kappa shape index (κ3) is 10.5. The van der Waals surface area contributed by atoms with Crippen LogP contribution in [0.1, 0.15) is 31.8 Å². The highest BCUT2D eigenvalue weighted by molar-refractivity contribution is 7.01. The first-order valence-corrected chi connectivity index (χ1v) is 38.3. The Morgan fingerprint density at radius 3 is 0.884 bits per heavy atom. The van der Waals surface area contributed by atoms with Crippen LogP contribution in [0, 0.1) is 0 Å². The first-order valence-electron chi connectivity index (χ1n) is 38.3. The van der Waals surface area contributed by atoms with Gasteiger partial charge >= 0.3 is 11.9 Å². The van der Waals surface area contributed by atoms with Gasteiger partial charge in [0.05, 0.1) is 11.1 Å². The molecule has 4 aliphatic rings. The molecule has 18 aromatic carbocycles. The Morgan fingerprint density at radius 2 is 0.545 bits per heavy atom. The molecule has 0 unspecified atom stereocenters. The lowest BCUT2D eigenvalue weighted by Gasteiger charge is -2.38. The van der Waals surface area contributed by atoms with Gasteiger partial charge in [0.25, 0.3) is 13.4 Å². The second-order valence-corrected chi connectivity index (χ2v) is 29.7. The van der Waals surface area contributed by atoms with Crippen LogP contribution >= 0.6 is 0 Å². The number of fused-ring (bicyclic) bond motifs is 8. The number of carbonyl (C=O) groups is 2. The minimum Gasteiger partial charge on any atom is -0.458 e. The number of rotatable bonds is 14. The summed E-state index contributed by atoms with van der Waals surface area (Å²) in [4.78, 5) is 30.6. The highest BCUT2D eigenvalue weighted by atomic mass is 16.5. The summed E-state index contributed by atoms with van der Waals surface area (Å²) in [5.74, 6) is 1.70. The van der Waals surface area contributed by atoms with E-state index in [9.17, 15) is 0 Å². The standard InChI is InChI=1S/C104H64B2O6/c107-103(109-61-63-29-9-1-10-30-63)73-53-85-81-57-79(95-75(67-37-17-5-18-38-67)49-71(65-33-13-3-14-34-65)50-76(95)68-39-19-6-20-40-68)83-60-90-98-82(86-54-74(104(108)110-62-64-31-11-2-12-32-64)56-94-102(86)106(90)88-46-26-28-48-92(88)112-94)58-80(84-59-89(97(81)99(83)100(84)98)105-87-45-25-27-47-91(87)111-93(55-73)101(85)105)96-77(69-41-21-7-22-42-69)51-72(66-35-15-4-16-36-66)52-78(96)70-43-23-8-24-44-70/h1-60H,61-62H2. The monoisotopic (exact) mass is 1430 g/mol. The van der Waals surface area contributed by atoms with E-state index in [0.29, 0.717) is 34.1 Å². The number of benzene rings is 18. The molecule has 0 aliphatic carbocycles. The van der Waals surface area contributed by atoms with Crippen molar-refractivity contribution in [1.82, 2.24) is 0 Å². The second kappa shape index (κ2) is 26.2. The SMILES string of the molecule is O=C(OCc1ccccc1)c1cc2c3c(c1)-c1cc(-c4c(-c5ccccc5)cc(-c5ccccc5)cc4-c4ccccc4)c4cc5c6c(cc(-c7c(-c8ccccc8)cc(-c8ccccc8)cc7-c7ccccc7)c7cc(c1c4c76)B3c1ccccc1O2)-c1cc(C(=O)OCc2ccccc2)cc2c1B5c1ccccc1O2. The molecule has 0 radical (unpaired) electrons. The molecule has 0 N–H and O–H groups in total. The predicted molar refractivity (Wildman–Crippen MR) is 458 cm³/mol. The van der Waals surface area contributed by atoms with Gasteiger partial charge in [-0.25, -0.2) is 9.59 Å². The summed E-state index contributed by atoms with van der Waals surface area (Å²) < 4.78 is 27.3. The van der Waals surface area contributed by atoms with E-state index in [2.05, 4.69) is 279 Å². The van der Waals surface area contributed by atoms with E-state index in [4.69, 9.17) is 18.9 Å². The molecule has 0 saturated heterocycles. The maximum absolute atomic E-state index is 15.3. The van der Waals surface area contributed by atoms with E-state index in [1.54, 1.807) is 0 Å². The molecular formula is C104H64B2O6. The topological polar surface area (TPSA) is 71.1 Å². The molecule has 6 nitrogen and oxygen atoms in total. The fraction of sp³-hybridized carbons (Fsp3) is 0.0192. The van der Waals surface area contributed by atoms with E-state index >= 15 is 9.59 Å². The Bertz CT molecular complexity index is 6340. The lowest BCUT2D eigenvalue weighted by molar-refractivity contribution is 0.0464. The number of esters is 2. The highest BCUT2D eigenvalue weighted by Crippen LogP contribution is 2.56. The van der Waals surface area contributed by atoms with Crippen LogP contribution in [0.5, 0.6) is 23.0 Å². The van der Waals surface area contributed by atoms with Crippen LogP contribution in [0.25, 0.3) is 144 Å². The molecular weight excluding hydrogens is 1370 g/mol. The molecule has 522 valence electrons. The van der Waals surface area contributed by atoms with Crippen LogP contribution in [-0.4, -0.2) is 25.4 Å². The Labute approximate surface area is 648 Å². The number of hydrogen-bond donors (Lipinski definition) is 0. The third-order valence-electron chi connectivity index (χ3n) is 23.4. The summed E-state index contributed by atoms with van der Waals surface area (Å²) in [7, 11) is 0. The molecule has 112 heavy (non-hydrogen) atoms. The Balaban J connectivity index is 0.958. The highest BCUT2D eigenvalue weighted by Gasteiger charge is 2.46. The molecule has 18 aromatic rings. The van der Waals surface area contributed by atoms with E-state index in [0.717, 1.165) is 187 Å². The molecule has 0 atom stereocenters. The first-order chi connectivity index (χ1) is 55.4. The van der Waals surface area contributed by atoms with Gasteiger partial charge in [0, 0.05) is 0 Å². The average Bonchev–Trinajstić information content (AvgIpc) is 0.663. The normalized spacial score (nSPS) is 12.4. The molecule has 0 aromatic heterocycles. The molecule has 4 aliphatic heterocycles. The van der Waals surface area contributed by atoms with E-state index in [-0.39, 0.29) is 13.2 Å². The zero-order valence-corrected chi connectivity index (χ0v) is 60.7. The fourth-order valence-electron chi connectivity index (χ4n) is 18.5. The Hall–Kier alpha value is -14.3. The Morgan fingerprint density at radius 1 is 0.241 bits per heavy atom. The van der Waals surface area contributed by atoms with Crippen LogP contribution < -0.4 is 42.3 Å². The fourth-order valence-corrected chi connectivity index (χ4v) is 18.5. The van der Waals surface area contributed by atoms with Crippen LogP contribution in [0.15, 0.2) is 364 Å². The summed E-state index contributed by atoms with van der Waals surface area (Å²) in [6, 6.07) is 129. The van der Waals surface area contributed by atoms with Gasteiger partial charge in [-0.3, -0.25) is 0 Å². The smallest absolute Gasteiger partial charge is 0.338 e. The molecule has 0 bridgehead atoms. The van der Waals surface area contributed by atoms with Gasteiger partial charge in [0.15, 0.2) is 0 Å². The molecule has 22 rings (SSSR count). The van der Waals surface area contributed by atoms with Crippen molar-refractivity contribution >= 4 is 90.5 Å². The van der Waals surface area contributed by atoms with Crippen LogP contribution in [0.4, 0.5) is 0 Å². The zero-order chi connectivity index (χ0) is 74.1. The average molecular weight is 1430 g/mol. The first kappa shape index (κ1) is 64.8. The minimum atomic E-state index is -0.458. The van der Waals surface area contributed by atoms with Crippen LogP contribution in [0.2, 0.25) is 0 Å². The van der Waals surface area contributed by atoms with Gasteiger partial charge in [0.2, 0.25) is 0 Å². The lowest BCUT2D eigenvalue weighted by Crippen LogP contribution is -2.58. The van der Waals surface area contributed by atoms with Crippen molar-refractivity contribution in [2.24, 2.45) is 0 Å². The zero-order valence-electron chi connectivity index (χ0n) is 60.7. The van der Waals surface area contributed by atoms with E-state index < -0.39 is 25.4 Å². The van der Waals surface area contributed by atoms with Gasteiger partial charge in [-0.1, -0.05) is 302 Å². The van der Waals surface area contributed by atoms with Gasteiger partial charge in [-0.05, 0) is 249 Å². The Kier molecular flexibility index (Phi) is 15.2. The molecule has 0 saturated carbocycles. The maximum atomic E-state index is 15.3. The van der Waals surface area contributed by atoms with Gasteiger partial charge < -0.3 is 18.9 Å². The minimum absolute atomic E-state index is 0.0907. The number of para-hydroxylation sites is 2. The molecule has 0 fully saturated rings. The summed E-state index contributed by atoms with van der Waals surface area (Å²) >= 11 is 0. The number of ether oxygens (including phenoxy) is 4. The van der Waals surface area contributed by atoms with Gasteiger partial charge in [0.1, 0.15) is 36.2 Å². The van der Waals surface area contributed by atoms with Crippen LogP contribution in [-0.2, 0) is 22.7 Å². The summed E-state index contributed by atoms with van der Waals surface area (Å²) in [6.07, 6.45) is 0. The summed E-state index contributed by atoms with van der Waals surface area (Å²) in [6.45, 7) is -0.602. The van der Waals surface area contributed by atoms with Crippen molar-refractivity contribution in [3.8, 4) is 134 Å². The van der Waals surface area contributed by atoms with Crippen molar-refractivity contribution in [3.05, 3.63) is 386 Å². The summed E-state index contributed by atoms with van der Waals surface area (Å²) in [5, 5.41) is 6.41. The van der Waals surface area contributed by atoms with E-state index in [1.807, 2.05) is 84.9 Å². The number of hydrogen-bond acceptors (Lipinski definition) is 6. The largest absolute Gasteiger partial charge is 0.458 e. The van der Waals surface area contributed by atoms with E-state index in [1.165, 1.54) is 0 Å². The molecule has 4 heterocycles. The molecule has 0 amide bonds. The second-order valence-electron chi connectivity index (χ2n) is 29.7. The van der Waals surface area contributed by atoms with Crippen molar-refractivity contribution in [1.29, 1.82) is 0 Å². The molecule has 8 heteroatoms. The maximum Gasteiger partial charge on any atom is 0.338 e. The lowest BCUT2D eigenvalue weighted by atomic mass is 9.31. The number of carbonyl (C=O) groups excluding carboxylic acids is 2. The quantitative estimate of drug-likeness (QED) is 0.0614. The van der Waals surface area contributed by atoms with Crippen molar-refractivity contribution in [2.75, 3.05) is 0 Å². The predicted octanol–water partition coefficient (Wildman–Crippen LogP) is 21.8. The van der Waals surface area contributed by atoms with Gasteiger partial charge in [-0.2, -0.15) is 0 Å². The van der Waals surface area contributed by atoms with Crippen molar-refractivity contribution < 1.29 is 28.5 Å². The van der Waals surface area contributed by atoms with Crippen molar-refractivity contribution in [3.63, 3.8) is 0 Å². The summed E-state index contributed by atoms with van der Waals surface area (Å²) in [5.41, 5.74) is 29.3.